The van der Waals surface area contributed by atoms with Gasteiger partial charge in [0.1, 0.15) is 0 Å². The number of carbonyl (C=O) groups excluding carboxylic acids is 2. The van der Waals surface area contributed by atoms with E-state index in [1.807, 2.05) is 6.92 Å². The Balaban J connectivity index is 2.21. The fourth-order valence-corrected chi connectivity index (χ4v) is 1.89. The summed E-state index contributed by atoms with van der Waals surface area (Å²) in [5.41, 5.74) is 1.22. The van der Waals surface area contributed by atoms with E-state index in [0.717, 1.165) is 11.3 Å². The molecule has 5 heteroatoms. The summed E-state index contributed by atoms with van der Waals surface area (Å²) in [7, 11) is 0. The van der Waals surface area contributed by atoms with E-state index in [1.54, 1.807) is 20.0 Å². The van der Waals surface area contributed by atoms with Gasteiger partial charge in [-0.05, 0) is 6.92 Å². The highest BCUT2D eigenvalue weighted by atomic mass is 16.2. The number of nitrogens with one attached hydrogen (secondary N) is 1. The van der Waals surface area contributed by atoms with Crippen LogP contribution in [0, 0.1) is 12.3 Å². The van der Waals surface area contributed by atoms with E-state index in [0.29, 0.717) is 13.0 Å². The minimum Gasteiger partial charge on any atom is -0.283 e. The maximum absolute atomic E-state index is 11.9. The smallest absolute Gasteiger partial charge is 0.235 e. The fourth-order valence-electron chi connectivity index (χ4n) is 1.89. The first-order valence-electron chi connectivity index (χ1n) is 5.25. The van der Waals surface area contributed by atoms with Gasteiger partial charge in [0.15, 0.2) is 0 Å². The van der Waals surface area contributed by atoms with Crippen molar-refractivity contribution in [1.82, 2.24) is 15.1 Å². The van der Waals surface area contributed by atoms with Crippen LogP contribution in [-0.4, -0.2) is 26.9 Å². The third-order valence-electron chi connectivity index (χ3n) is 2.98. The van der Waals surface area contributed by atoms with Crippen molar-refractivity contribution in [3.63, 3.8) is 0 Å². The summed E-state index contributed by atoms with van der Waals surface area (Å²) in [6.45, 7) is 5.80. The van der Waals surface area contributed by atoms with Crippen molar-refractivity contribution in [2.45, 2.75) is 33.7 Å². The Bertz CT molecular complexity index is 448. The highest BCUT2D eigenvalue weighted by molar-refractivity contribution is 6.05. The van der Waals surface area contributed by atoms with Crippen LogP contribution in [0.5, 0.6) is 0 Å². The zero-order valence-corrected chi connectivity index (χ0v) is 9.70. The molecule has 0 spiro atoms. The molecule has 0 bridgehead atoms. The predicted octanol–water partition coefficient (Wildman–Crippen LogP) is 1.00. The molecule has 0 atom stereocenters. The molecular weight excluding hydrogens is 206 g/mol. The van der Waals surface area contributed by atoms with Crippen molar-refractivity contribution < 1.29 is 9.59 Å². The molecule has 2 heterocycles. The molecule has 0 aromatic carbocycles. The molecule has 1 aliphatic rings. The summed E-state index contributed by atoms with van der Waals surface area (Å²) in [4.78, 5) is 25.0. The third-order valence-corrected chi connectivity index (χ3v) is 2.98. The Morgan fingerprint density at radius 3 is 2.62 bits per heavy atom. The average molecular weight is 221 g/mol. The van der Waals surface area contributed by atoms with Crippen LogP contribution in [-0.2, 0) is 16.1 Å². The molecular formula is C11H15N3O2. The molecule has 1 aromatic rings. The van der Waals surface area contributed by atoms with Gasteiger partial charge in [-0.1, -0.05) is 13.8 Å². The number of hydrogen-bond donors (Lipinski definition) is 1. The number of nitrogens with zero attached hydrogens (tertiary/aromatic N) is 2. The van der Waals surface area contributed by atoms with E-state index in [-0.39, 0.29) is 11.8 Å². The summed E-state index contributed by atoms with van der Waals surface area (Å²) in [5, 5.41) is 6.67. The molecule has 1 saturated heterocycles. The van der Waals surface area contributed by atoms with E-state index in [9.17, 15) is 9.59 Å². The van der Waals surface area contributed by atoms with Gasteiger partial charge in [-0.3, -0.25) is 19.6 Å². The zero-order valence-electron chi connectivity index (χ0n) is 9.70. The highest BCUT2D eigenvalue weighted by Crippen LogP contribution is 2.32. The number of H-pyrrole nitrogens is 1. The van der Waals surface area contributed by atoms with Crippen LogP contribution in [0.3, 0.4) is 0 Å². The number of amides is 2. The molecule has 86 valence electrons. The SMILES string of the molecule is Cc1[nH]ncc1CN1C(=O)CC(C)(C)C1=O. The molecule has 0 aliphatic carbocycles. The van der Waals surface area contributed by atoms with Crippen molar-refractivity contribution in [2.75, 3.05) is 0 Å². The van der Waals surface area contributed by atoms with Crippen LogP contribution in [0.25, 0.3) is 0 Å². The fraction of sp³-hybridized carbons (Fsp3) is 0.545. The quantitative estimate of drug-likeness (QED) is 0.758. The number of imide groups is 1. The molecule has 1 fully saturated rings. The van der Waals surface area contributed by atoms with E-state index >= 15 is 0 Å². The van der Waals surface area contributed by atoms with Crippen LogP contribution in [0.4, 0.5) is 0 Å². The van der Waals surface area contributed by atoms with E-state index < -0.39 is 5.41 Å². The van der Waals surface area contributed by atoms with Crippen LogP contribution in [0.2, 0.25) is 0 Å². The Labute approximate surface area is 93.8 Å². The Morgan fingerprint density at radius 1 is 1.50 bits per heavy atom. The first-order chi connectivity index (χ1) is 7.42. The van der Waals surface area contributed by atoms with Crippen LogP contribution < -0.4 is 0 Å². The third kappa shape index (κ3) is 1.62. The number of rotatable bonds is 2. The summed E-state index contributed by atoms with van der Waals surface area (Å²) in [6.07, 6.45) is 1.95. The predicted molar refractivity (Wildman–Crippen MR) is 57.3 cm³/mol. The number of aromatic amines is 1. The number of hydrogen-bond acceptors (Lipinski definition) is 3. The lowest BCUT2D eigenvalue weighted by Crippen LogP contribution is -2.32. The van der Waals surface area contributed by atoms with Gasteiger partial charge < -0.3 is 0 Å². The van der Waals surface area contributed by atoms with Gasteiger partial charge in [-0.25, -0.2) is 0 Å². The standard InChI is InChI=1S/C11H15N3O2/c1-7-8(5-12-13-7)6-14-9(15)4-11(2,3)10(14)16/h5H,4,6H2,1-3H3,(H,12,13). The van der Waals surface area contributed by atoms with Crippen LogP contribution >= 0.6 is 0 Å². The van der Waals surface area contributed by atoms with Crippen molar-refractivity contribution in [3.05, 3.63) is 17.5 Å². The minimum absolute atomic E-state index is 0.0990. The van der Waals surface area contributed by atoms with Gasteiger partial charge in [0.05, 0.1) is 18.2 Å². The molecule has 2 amide bonds. The van der Waals surface area contributed by atoms with Gasteiger partial charge in [0, 0.05) is 17.7 Å². The van der Waals surface area contributed by atoms with Gasteiger partial charge >= 0.3 is 0 Å². The number of aryl methyl sites for hydroxylation is 1. The topological polar surface area (TPSA) is 66.1 Å². The molecule has 5 nitrogen and oxygen atoms in total. The molecule has 0 saturated carbocycles. The second-order valence-corrected chi connectivity index (χ2v) is 4.87. The van der Waals surface area contributed by atoms with Gasteiger partial charge in [-0.2, -0.15) is 5.10 Å². The van der Waals surface area contributed by atoms with Crippen LogP contribution in [0.1, 0.15) is 31.5 Å². The summed E-state index contributed by atoms with van der Waals surface area (Å²) in [5.74, 6) is -0.200. The summed E-state index contributed by atoms with van der Waals surface area (Å²) < 4.78 is 0. The Hall–Kier alpha value is -1.65. The second-order valence-electron chi connectivity index (χ2n) is 4.87. The zero-order chi connectivity index (χ0) is 11.9. The number of aromatic nitrogens is 2. The Kier molecular flexibility index (Phi) is 2.33. The monoisotopic (exact) mass is 221 g/mol. The molecule has 2 rings (SSSR count). The van der Waals surface area contributed by atoms with E-state index in [1.165, 1.54) is 4.90 Å². The molecule has 16 heavy (non-hydrogen) atoms. The molecule has 1 N–H and O–H groups in total. The second kappa shape index (κ2) is 3.43. The average Bonchev–Trinajstić information content (AvgIpc) is 2.65. The number of carbonyl (C=O) groups is 2. The van der Waals surface area contributed by atoms with Gasteiger partial charge in [0.25, 0.3) is 0 Å². The maximum Gasteiger partial charge on any atom is 0.235 e. The lowest BCUT2D eigenvalue weighted by atomic mass is 9.92. The molecule has 1 aromatic heterocycles. The maximum atomic E-state index is 11.9. The minimum atomic E-state index is -0.561. The number of likely N-dealkylation sites (tertiary alicyclic amines) is 1. The normalized spacial score (nSPS) is 19.6. The van der Waals surface area contributed by atoms with Crippen molar-refractivity contribution >= 4 is 11.8 Å². The van der Waals surface area contributed by atoms with Gasteiger partial charge in [0.2, 0.25) is 11.8 Å². The van der Waals surface area contributed by atoms with E-state index in [2.05, 4.69) is 10.2 Å². The van der Waals surface area contributed by atoms with Crippen molar-refractivity contribution in [2.24, 2.45) is 5.41 Å². The van der Waals surface area contributed by atoms with Gasteiger partial charge in [-0.15, -0.1) is 0 Å². The molecule has 1 aliphatic heterocycles. The summed E-state index contributed by atoms with van der Waals surface area (Å²) in [6, 6.07) is 0. The van der Waals surface area contributed by atoms with Crippen molar-refractivity contribution in [3.8, 4) is 0 Å². The molecule has 0 unspecified atom stereocenters. The lowest BCUT2D eigenvalue weighted by molar-refractivity contribution is -0.141. The lowest BCUT2D eigenvalue weighted by Gasteiger charge is -2.17. The van der Waals surface area contributed by atoms with Crippen LogP contribution in [0.15, 0.2) is 6.20 Å². The largest absolute Gasteiger partial charge is 0.283 e. The highest BCUT2D eigenvalue weighted by Gasteiger charge is 2.44. The van der Waals surface area contributed by atoms with Crippen molar-refractivity contribution in [1.29, 1.82) is 0 Å². The first kappa shape index (κ1) is 10.9. The summed E-state index contributed by atoms with van der Waals surface area (Å²) >= 11 is 0. The first-order valence-corrected chi connectivity index (χ1v) is 5.25. The van der Waals surface area contributed by atoms with E-state index in [4.69, 9.17) is 0 Å². The Morgan fingerprint density at radius 2 is 2.19 bits per heavy atom. The molecule has 0 radical (unpaired) electrons.